The maximum atomic E-state index is 13.1. The Bertz CT molecular complexity index is 870. The number of hydrogen-bond acceptors (Lipinski definition) is 4. The minimum Gasteiger partial charge on any atom is -0.490 e. The van der Waals surface area contributed by atoms with E-state index in [4.69, 9.17) is 9.47 Å². The van der Waals surface area contributed by atoms with Crippen molar-refractivity contribution in [3.63, 3.8) is 0 Å². The highest BCUT2D eigenvalue weighted by molar-refractivity contribution is 9.10. The van der Waals surface area contributed by atoms with Gasteiger partial charge in [0.05, 0.1) is 13.2 Å². The first-order valence-electron chi connectivity index (χ1n) is 10.5. The van der Waals surface area contributed by atoms with Gasteiger partial charge in [-0.05, 0) is 62.6 Å². The molecule has 0 spiro atoms. The second-order valence-electron chi connectivity index (χ2n) is 7.09. The third-order valence-corrected chi connectivity index (χ3v) is 5.44. The van der Waals surface area contributed by atoms with E-state index < -0.39 is 6.04 Å². The van der Waals surface area contributed by atoms with Crippen molar-refractivity contribution in [2.75, 3.05) is 20.3 Å². The van der Waals surface area contributed by atoms with Crippen molar-refractivity contribution < 1.29 is 19.1 Å². The molecule has 0 aliphatic carbocycles. The Kier molecular flexibility index (Phi) is 9.85. The van der Waals surface area contributed by atoms with Gasteiger partial charge < -0.3 is 19.7 Å². The molecule has 168 valence electrons. The van der Waals surface area contributed by atoms with Crippen LogP contribution in [0.3, 0.4) is 0 Å². The van der Waals surface area contributed by atoms with E-state index in [0.29, 0.717) is 37.7 Å². The maximum Gasteiger partial charge on any atom is 0.242 e. The summed E-state index contributed by atoms with van der Waals surface area (Å²) in [5, 5.41) is 2.64. The molecule has 0 saturated heterocycles. The lowest BCUT2D eigenvalue weighted by molar-refractivity contribution is -0.140. The molecule has 0 aliphatic rings. The van der Waals surface area contributed by atoms with Gasteiger partial charge in [0.15, 0.2) is 11.5 Å². The minimum absolute atomic E-state index is 0.0779. The molecular formula is C24H31BrN2O4. The molecule has 31 heavy (non-hydrogen) atoms. The van der Waals surface area contributed by atoms with Crippen LogP contribution < -0.4 is 14.8 Å². The van der Waals surface area contributed by atoms with E-state index in [1.165, 1.54) is 0 Å². The molecule has 0 radical (unpaired) electrons. The number of rotatable bonds is 11. The topological polar surface area (TPSA) is 67.9 Å². The molecule has 2 amide bonds. The summed E-state index contributed by atoms with van der Waals surface area (Å²) in [7, 11) is 1.58. The molecule has 2 rings (SSSR count). The number of nitrogens with zero attached hydrogens (tertiary/aromatic N) is 1. The van der Waals surface area contributed by atoms with Crippen LogP contribution in [0.4, 0.5) is 0 Å². The molecule has 7 heteroatoms. The van der Waals surface area contributed by atoms with Crippen LogP contribution in [0, 0.1) is 0 Å². The fourth-order valence-electron chi connectivity index (χ4n) is 3.22. The Balaban J connectivity index is 2.14. The van der Waals surface area contributed by atoms with Gasteiger partial charge in [0.1, 0.15) is 6.04 Å². The van der Waals surface area contributed by atoms with Crippen molar-refractivity contribution in [1.82, 2.24) is 10.2 Å². The van der Waals surface area contributed by atoms with Crippen molar-refractivity contribution >= 4 is 27.7 Å². The highest BCUT2D eigenvalue weighted by Gasteiger charge is 2.25. The first kappa shape index (κ1) is 24.7. The summed E-state index contributed by atoms with van der Waals surface area (Å²) in [6.07, 6.45) is 0.833. The van der Waals surface area contributed by atoms with E-state index in [2.05, 4.69) is 21.2 Å². The second-order valence-corrected chi connectivity index (χ2v) is 8.00. The van der Waals surface area contributed by atoms with Gasteiger partial charge in [-0.2, -0.15) is 0 Å². The lowest BCUT2D eigenvalue weighted by Crippen LogP contribution is -2.46. The number of aryl methyl sites for hydroxylation is 1. The quantitative estimate of drug-likeness (QED) is 0.508. The van der Waals surface area contributed by atoms with Gasteiger partial charge in [0.25, 0.3) is 0 Å². The zero-order chi connectivity index (χ0) is 22.8. The smallest absolute Gasteiger partial charge is 0.242 e. The van der Waals surface area contributed by atoms with Crippen molar-refractivity contribution in [3.05, 3.63) is 58.1 Å². The summed E-state index contributed by atoms with van der Waals surface area (Å²) < 4.78 is 12.3. The number of hydrogen-bond donors (Lipinski definition) is 1. The number of carbonyl (C=O) groups excluding carboxylic acids is 2. The van der Waals surface area contributed by atoms with Crippen LogP contribution in [0.25, 0.3) is 0 Å². The number of nitrogens with one attached hydrogen (secondary N) is 1. The molecule has 0 aromatic heterocycles. The van der Waals surface area contributed by atoms with Crippen LogP contribution in [0.15, 0.2) is 46.9 Å². The number of halogens is 1. The van der Waals surface area contributed by atoms with Gasteiger partial charge in [-0.3, -0.25) is 9.59 Å². The van der Waals surface area contributed by atoms with E-state index in [1.807, 2.05) is 56.3 Å². The largest absolute Gasteiger partial charge is 0.490 e. The SMILES string of the molecule is CCOc1ccc(CCC(=O)N(Cc2ccc(Br)cc2)[C@H](C)C(=O)NC)cc1OCC. The molecule has 6 nitrogen and oxygen atoms in total. The molecule has 0 unspecified atom stereocenters. The highest BCUT2D eigenvalue weighted by atomic mass is 79.9. The third-order valence-electron chi connectivity index (χ3n) is 4.92. The second kappa shape index (κ2) is 12.3. The summed E-state index contributed by atoms with van der Waals surface area (Å²) in [6.45, 7) is 7.06. The molecular weight excluding hydrogens is 460 g/mol. The number of benzene rings is 2. The van der Waals surface area contributed by atoms with Gasteiger partial charge in [-0.1, -0.05) is 34.1 Å². The lowest BCUT2D eigenvalue weighted by atomic mass is 10.1. The lowest BCUT2D eigenvalue weighted by Gasteiger charge is -2.28. The summed E-state index contributed by atoms with van der Waals surface area (Å²) in [5.74, 6) is 1.11. The van der Waals surface area contributed by atoms with Crippen molar-refractivity contribution in [2.24, 2.45) is 0 Å². The van der Waals surface area contributed by atoms with Crippen LogP contribution in [-0.4, -0.2) is 43.0 Å². The van der Waals surface area contributed by atoms with Crippen LogP contribution >= 0.6 is 15.9 Å². The van der Waals surface area contributed by atoms with Crippen molar-refractivity contribution in [1.29, 1.82) is 0 Å². The first-order chi connectivity index (χ1) is 14.9. The summed E-state index contributed by atoms with van der Waals surface area (Å²) in [4.78, 5) is 27.0. The molecule has 1 N–H and O–H groups in total. The predicted octanol–water partition coefficient (Wildman–Crippen LogP) is 4.34. The van der Waals surface area contributed by atoms with E-state index in [1.54, 1.807) is 18.9 Å². The fraction of sp³-hybridized carbons (Fsp3) is 0.417. The standard InChI is InChI=1S/C24H31BrN2O4/c1-5-30-21-13-9-18(15-22(21)31-6-2)10-14-23(28)27(17(3)24(29)26-4)16-19-7-11-20(25)12-8-19/h7-9,11-13,15,17H,5-6,10,14,16H2,1-4H3,(H,26,29)/t17-/m1/s1. The molecule has 0 fully saturated rings. The normalized spacial score (nSPS) is 11.5. The Morgan fingerprint density at radius 2 is 1.61 bits per heavy atom. The van der Waals surface area contributed by atoms with E-state index >= 15 is 0 Å². The van der Waals surface area contributed by atoms with Gasteiger partial charge in [0, 0.05) is 24.5 Å². The molecule has 0 saturated carbocycles. The average molecular weight is 491 g/mol. The molecule has 0 heterocycles. The van der Waals surface area contributed by atoms with Crippen LogP contribution in [0.1, 0.15) is 38.3 Å². The maximum absolute atomic E-state index is 13.1. The molecule has 0 aliphatic heterocycles. The Labute approximate surface area is 193 Å². The Morgan fingerprint density at radius 1 is 1.00 bits per heavy atom. The van der Waals surface area contributed by atoms with Gasteiger partial charge in [0.2, 0.25) is 11.8 Å². The van der Waals surface area contributed by atoms with Crippen LogP contribution in [0.5, 0.6) is 11.5 Å². The number of ether oxygens (including phenoxy) is 2. The van der Waals surface area contributed by atoms with Gasteiger partial charge in [-0.15, -0.1) is 0 Å². The zero-order valence-electron chi connectivity index (χ0n) is 18.6. The predicted molar refractivity (Wildman–Crippen MR) is 125 cm³/mol. The summed E-state index contributed by atoms with van der Waals surface area (Å²) >= 11 is 3.42. The molecule has 1 atom stereocenters. The molecule has 2 aromatic carbocycles. The third kappa shape index (κ3) is 7.28. The zero-order valence-corrected chi connectivity index (χ0v) is 20.2. The fourth-order valence-corrected chi connectivity index (χ4v) is 3.49. The van der Waals surface area contributed by atoms with Crippen molar-refractivity contribution in [3.8, 4) is 11.5 Å². The highest BCUT2D eigenvalue weighted by Crippen LogP contribution is 2.29. The van der Waals surface area contributed by atoms with E-state index in [-0.39, 0.29) is 18.2 Å². The number of carbonyl (C=O) groups is 2. The van der Waals surface area contributed by atoms with Gasteiger partial charge >= 0.3 is 0 Å². The van der Waals surface area contributed by atoms with Crippen LogP contribution in [0.2, 0.25) is 0 Å². The van der Waals surface area contributed by atoms with E-state index in [9.17, 15) is 9.59 Å². The van der Waals surface area contributed by atoms with E-state index in [0.717, 1.165) is 15.6 Å². The van der Waals surface area contributed by atoms with Crippen LogP contribution in [-0.2, 0) is 22.6 Å². The minimum atomic E-state index is -0.569. The Morgan fingerprint density at radius 3 is 2.23 bits per heavy atom. The van der Waals surface area contributed by atoms with Crippen molar-refractivity contribution in [2.45, 2.75) is 46.2 Å². The number of likely N-dealkylation sites (N-methyl/N-ethyl adjacent to an activating group) is 1. The monoisotopic (exact) mass is 490 g/mol. The summed E-state index contributed by atoms with van der Waals surface area (Å²) in [6, 6.07) is 12.9. The summed E-state index contributed by atoms with van der Waals surface area (Å²) in [5.41, 5.74) is 1.95. The number of amides is 2. The molecule has 0 bridgehead atoms. The van der Waals surface area contributed by atoms with Gasteiger partial charge in [-0.25, -0.2) is 0 Å². The average Bonchev–Trinajstić information content (AvgIpc) is 2.77. The Hall–Kier alpha value is -2.54. The molecule has 2 aromatic rings. The first-order valence-corrected chi connectivity index (χ1v) is 11.3.